The molecule has 3 rings (SSSR count). The van der Waals surface area contributed by atoms with Crippen molar-refractivity contribution in [3.05, 3.63) is 52.9 Å². The summed E-state index contributed by atoms with van der Waals surface area (Å²) in [4.78, 5) is 25.8. The molecule has 0 spiro atoms. The Morgan fingerprint density at radius 2 is 2.12 bits per heavy atom. The molecule has 1 aromatic carbocycles. The van der Waals surface area contributed by atoms with Crippen LogP contribution in [0.25, 0.3) is 0 Å². The Kier molecular flexibility index (Phi) is 4.95. The molecule has 2 heterocycles. The predicted octanol–water partition coefficient (Wildman–Crippen LogP) is 3.94. The van der Waals surface area contributed by atoms with E-state index >= 15 is 0 Å². The zero-order chi connectivity index (χ0) is 18.9. The van der Waals surface area contributed by atoms with E-state index in [1.807, 2.05) is 0 Å². The van der Waals surface area contributed by atoms with Crippen LogP contribution in [0.1, 0.15) is 17.7 Å². The Bertz CT molecular complexity index is 821. The minimum absolute atomic E-state index is 0.00768. The van der Waals surface area contributed by atoms with E-state index in [2.05, 4.69) is 5.32 Å². The van der Waals surface area contributed by atoms with Crippen LogP contribution in [0.15, 0.2) is 41.0 Å². The molecule has 1 N–H and O–H groups in total. The maximum absolute atomic E-state index is 12.9. The number of anilines is 1. The molecule has 9 heteroatoms. The molecule has 1 atom stereocenters. The first-order valence-electron chi connectivity index (χ1n) is 7.72. The highest BCUT2D eigenvalue weighted by atomic mass is 35.5. The largest absolute Gasteiger partial charge is 0.467 e. The molecular formula is C17H14ClF3N2O3. The number of carbonyl (C=O) groups is 2. The van der Waals surface area contributed by atoms with E-state index in [1.54, 1.807) is 12.1 Å². The molecule has 0 saturated carbocycles. The van der Waals surface area contributed by atoms with Crippen LogP contribution in [0, 0.1) is 5.92 Å². The standard InChI is InChI=1S/C17H14ClF3N2O3/c18-14-4-3-11(7-13(14)17(19,20)21)22-16(25)10-6-15(24)23(8-10)9-12-2-1-5-26-12/h1-5,7,10H,6,8-9H2,(H,22,25)/t10-/m0/s1. The van der Waals surface area contributed by atoms with Crippen molar-refractivity contribution in [3.63, 3.8) is 0 Å². The molecule has 1 fully saturated rings. The van der Waals surface area contributed by atoms with Gasteiger partial charge in [0, 0.05) is 18.7 Å². The second-order valence-electron chi connectivity index (χ2n) is 5.94. The first kappa shape index (κ1) is 18.3. The van der Waals surface area contributed by atoms with Crippen LogP contribution in [-0.4, -0.2) is 23.3 Å². The molecule has 5 nitrogen and oxygen atoms in total. The zero-order valence-corrected chi connectivity index (χ0v) is 14.1. The molecule has 2 aromatic rings. The molecular weight excluding hydrogens is 373 g/mol. The van der Waals surface area contributed by atoms with Crippen molar-refractivity contribution in [3.8, 4) is 0 Å². The summed E-state index contributed by atoms with van der Waals surface area (Å²) in [6.45, 7) is 0.417. The van der Waals surface area contributed by atoms with E-state index < -0.39 is 28.6 Å². The monoisotopic (exact) mass is 386 g/mol. The lowest BCUT2D eigenvalue weighted by Gasteiger charge is -2.16. The number of alkyl halides is 3. The van der Waals surface area contributed by atoms with Gasteiger partial charge >= 0.3 is 6.18 Å². The number of nitrogens with zero attached hydrogens (tertiary/aromatic N) is 1. The quantitative estimate of drug-likeness (QED) is 0.865. The maximum atomic E-state index is 12.9. The number of carbonyl (C=O) groups excluding carboxylic acids is 2. The molecule has 2 amide bonds. The number of likely N-dealkylation sites (tertiary alicyclic amines) is 1. The molecule has 0 aliphatic carbocycles. The second kappa shape index (κ2) is 7.03. The van der Waals surface area contributed by atoms with Crippen LogP contribution < -0.4 is 5.32 Å². The smallest absolute Gasteiger partial charge is 0.417 e. The highest BCUT2D eigenvalue weighted by molar-refractivity contribution is 6.31. The van der Waals surface area contributed by atoms with Crippen LogP contribution in [0.3, 0.4) is 0 Å². The normalized spacial score (nSPS) is 17.6. The summed E-state index contributed by atoms with van der Waals surface area (Å²) >= 11 is 5.56. The first-order valence-corrected chi connectivity index (χ1v) is 8.09. The summed E-state index contributed by atoms with van der Waals surface area (Å²) in [5, 5.41) is 1.98. The summed E-state index contributed by atoms with van der Waals surface area (Å²) in [5.74, 6) is -0.793. The van der Waals surface area contributed by atoms with E-state index in [9.17, 15) is 22.8 Å². The average Bonchev–Trinajstić information content (AvgIpc) is 3.19. The Morgan fingerprint density at radius 1 is 1.35 bits per heavy atom. The van der Waals surface area contributed by atoms with Crippen molar-refractivity contribution in [2.45, 2.75) is 19.1 Å². The Labute approximate surface area is 151 Å². The summed E-state index contributed by atoms with van der Waals surface area (Å²) in [7, 11) is 0. The maximum Gasteiger partial charge on any atom is 0.417 e. The third-order valence-electron chi connectivity index (χ3n) is 4.05. The van der Waals surface area contributed by atoms with E-state index in [0.29, 0.717) is 5.76 Å². The Morgan fingerprint density at radius 3 is 2.77 bits per heavy atom. The van der Waals surface area contributed by atoms with Gasteiger partial charge < -0.3 is 14.6 Å². The molecule has 1 aromatic heterocycles. The lowest BCUT2D eigenvalue weighted by molar-refractivity contribution is -0.137. The van der Waals surface area contributed by atoms with Gasteiger partial charge in [-0.25, -0.2) is 0 Å². The van der Waals surface area contributed by atoms with Gasteiger partial charge in [0.2, 0.25) is 11.8 Å². The van der Waals surface area contributed by atoms with Gasteiger partial charge in [0.25, 0.3) is 0 Å². The van der Waals surface area contributed by atoms with Gasteiger partial charge in [-0.05, 0) is 30.3 Å². The predicted molar refractivity (Wildman–Crippen MR) is 87.3 cm³/mol. The Balaban J connectivity index is 1.66. The first-order chi connectivity index (χ1) is 12.2. The highest BCUT2D eigenvalue weighted by Gasteiger charge is 2.36. The number of rotatable bonds is 4. The van der Waals surface area contributed by atoms with Crippen molar-refractivity contribution in [1.29, 1.82) is 0 Å². The number of furan rings is 1. The topological polar surface area (TPSA) is 62.6 Å². The van der Waals surface area contributed by atoms with Gasteiger partial charge in [0.1, 0.15) is 5.76 Å². The van der Waals surface area contributed by atoms with Crippen molar-refractivity contribution in [2.24, 2.45) is 5.92 Å². The molecule has 0 bridgehead atoms. The summed E-state index contributed by atoms with van der Waals surface area (Å²) in [5.41, 5.74) is -1.05. The van der Waals surface area contributed by atoms with Gasteiger partial charge in [-0.1, -0.05) is 11.6 Å². The molecule has 0 radical (unpaired) electrons. The van der Waals surface area contributed by atoms with Crippen molar-refractivity contribution in [1.82, 2.24) is 4.90 Å². The van der Waals surface area contributed by atoms with E-state index in [1.165, 1.54) is 17.2 Å². The molecule has 1 aliphatic rings. The van der Waals surface area contributed by atoms with E-state index in [4.69, 9.17) is 16.0 Å². The number of amides is 2. The summed E-state index contributed by atoms with van der Waals surface area (Å²) in [6.07, 6.45) is -3.15. The van der Waals surface area contributed by atoms with E-state index in [0.717, 1.165) is 12.1 Å². The number of benzene rings is 1. The number of halogens is 4. The van der Waals surface area contributed by atoms with Crippen molar-refractivity contribution in [2.75, 3.05) is 11.9 Å². The molecule has 1 aliphatic heterocycles. The van der Waals surface area contributed by atoms with Crippen LogP contribution >= 0.6 is 11.6 Å². The Hall–Kier alpha value is -2.48. The SMILES string of the molecule is O=C(Nc1ccc(Cl)c(C(F)(F)F)c1)[C@H]1CC(=O)N(Cc2ccco2)C1. The fourth-order valence-electron chi connectivity index (χ4n) is 2.76. The number of hydrogen-bond acceptors (Lipinski definition) is 3. The van der Waals surface area contributed by atoms with Crippen molar-refractivity contribution < 1.29 is 27.2 Å². The fraction of sp³-hybridized carbons (Fsp3) is 0.294. The van der Waals surface area contributed by atoms with Crippen LogP contribution in [0.5, 0.6) is 0 Å². The van der Waals surface area contributed by atoms with Gasteiger partial charge in [-0.15, -0.1) is 0 Å². The molecule has 1 saturated heterocycles. The molecule has 0 unspecified atom stereocenters. The minimum Gasteiger partial charge on any atom is -0.467 e. The van der Waals surface area contributed by atoms with Gasteiger partial charge in [0.15, 0.2) is 0 Å². The lowest BCUT2D eigenvalue weighted by Crippen LogP contribution is -2.28. The van der Waals surface area contributed by atoms with Crippen molar-refractivity contribution >= 4 is 29.1 Å². The van der Waals surface area contributed by atoms with Gasteiger partial charge in [-0.3, -0.25) is 9.59 Å². The molecule has 26 heavy (non-hydrogen) atoms. The van der Waals surface area contributed by atoms with E-state index in [-0.39, 0.29) is 31.1 Å². The van der Waals surface area contributed by atoms with Crippen LogP contribution in [-0.2, 0) is 22.3 Å². The third kappa shape index (κ3) is 4.01. The average molecular weight is 387 g/mol. The zero-order valence-electron chi connectivity index (χ0n) is 13.3. The molecule has 138 valence electrons. The fourth-order valence-corrected chi connectivity index (χ4v) is 2.98. The van der Waals surface area contributed by atoms with Crippen LogP contribution in [0.2, 0.25) is 5.02 Å². The van der Waals surface area contributed by atoms with Crippen LogP contribution in [0.4, 0.5) is 18.9 Å². The van der Waals surface area contributed by atoms with Gasteiger partial charge in [-0.2, -0.15) is 13.2 Å². The number of nitrogens with one attached hydrogen (secondary N) is 1. The third-order valence-corrected chi connectivity index (χ3v) is 4.38. The van der Waals surface area contributed by atoms with Gasteiger partial charge in [0.05, 0.1) is 29.3 Å². The second-order valence-corrected chi connectivity index (χ2v) is 6.34. The highest BCUT2D eigenvalue weighted by Crippen LogP contribution is 2.36. The summed E-state index contributed by atoms with van der Waals surface area (Å²) in [6, 6.07) is 6.54. The lowest BCUT2D eigenvalue weighted by atomic mass is 10.1. The number of hydrogen-bond donors (Lipinski definition) is 1. The summed E-state index contributed by atoms with van der Waals surface area (Å²) < 4.78 is 43.9. The minimum atomic E-state index is -4.62.